The summed E-state index contributed by atoms with van der Waals surface area (Å²) >= 11 is 0. The van der Waals surface area contributed by atoms with Crippen LogP contribution in [-0.2, 0) is 0 Å². The van der Waals surface area contributed by atoms with Gasteiger partial charge in [-0.2, -0.15) is 15.5 Å². The van der Waals surface area contributed by atoms with Gasteiger partial charge in [0.15, 0.2) is 17.3 Å². The number of nitrogens with zero attached hydrogens (tertiary/aromatic N) is 7. The second kappa shape index (κ2) is 9.09. The number of likely N-dealkylation sites (tertiary alicyclic amines) is 1. The lowest BCUT2D eigenvalue weighted by Gasteiger charge is -2.40. The van der Waals surface area contributed by atoms with Crippen molar-refractivity contribution in [2.45, 2.75) is 32.7 Å². The Bertz CT molecular complexity index is 1160. The summed E-state index contributed by atoms with van der Waals surface area (Å²) in [5.74, 6) is -0.563. The molecule has 9 nitrogen and oxygen atoms in total. The van der Waals surface area contributed by atoms with Crippen molar-refractivity contribution in [2.75, 3.05) is 18.4 Å². The first-order valence-corrected chi connectivity index (χ1v) is 10.4. The molecule has 2 atom stereocenters. The maximum absolute atomic E-state index is 14.3. The van der Waals surface area contributed by atoms with Gasteiger partial charge in [0, 0.05) is 25.0 Å². The van der Waals surface area contributed by atoms with Gasteiger partial charge in [-0.25, -0.2) is 14.4 Å². The van der Waals surface area contributed by atoms with Crippen molar-refractivity contribution in [1.29, 1.82) is 5.26 Å². The Labute approximate surface area is 184 Å². The summed E-state index contributed by atoms with van der Waals surface area (Å²) in [6.45, 7) is 4.80. The first kappa shape index (κ1) is 21.4. The molecule has 1 N–H and O–H groups in total. The first-order chi connectivity index (χ1) is 15.5. The zero-order chi connectivity index (χ0) is 22.7. The van der Waals surface area contributed by atoms with Crippen LogP contribution in [0.3, 0.4) is 0 Å². The Kier molecular flexibility index (Phi) is 6.07. The van der Waals surface area contributed by atoms with E-state index in [9.17, 15) is 9.18 Å². The number of nitriles is 1. The monoisotopic (exact) mass is 434 g/mol. The average Bonchev–Trinajstić information content (AvgIpc) is 3.33. The van der Waals surface area contributed by atoms with Crippen molar-refractivity contribution in [3.05, 3.63) is 59.6 Å². The van der Waals surface area contributed by atoms with E-state index < -0.39 is 5.82 Å². The maximum atomic E-state index is 14.3. The number of piperidine rings is 1. The van der Waals surface area contributed by atoms with Crippen molar-refractivity contribution in [3.8, 4) is 11.8 Å². The molecule has 0 saturated carbocycles. The molecule has 1 saturated heterocycles. The summed E-state index contributed by atoms with van der Waals surface area (Å²) in [5.41, 5.74) is 1.66. The third-order valence-electron chi connectivity index (χ3n) is 5.68. The SMILES string of the molecule is Cc1ccc(-n2nccn2)c(C(=O)N2CCCC(C)[C@H]2CNc2ncc(C#N)cc2F)n1. The molecule has 0 radical (unpaired) electrons. The van der Waals surface area contributed by atoms with Crippen LogP contribution in [0.15, 0.2) is 36.8 Å². The quantitative estimate of drug-likeness (QED) is 0.657. The number of aryl methyl sites for hydroxylation is 1. The lowest BCUT2D eigenvalue weighted by atomic mass is 9.90. The third-order valence-corrected chi connectivity index (χ3v) is 5.68. The van der Waals surface area contributed by atoms with Gasteiger partial charge >= 0.3 is 0 Å². The van der Waals surface area contributed by atoms with Gasteiger partial charge in [-0.05, 0) is 43.9 Å². The Morgan fingerprint density at radius 2 is 2.12 bits per heavy atom. The molecule has 1 unspecified atom stereocenters. The molecule has 164 valence electrons. The summed E-state index contributed by atoms with van der Waals surface area (Å²) in [6.07, 6.45) is 6.23. The van der Waals surface area contributed by atoms with Crippen LogP contribution in [0.5, 0.6) is 0 Å². The summed E-state index contributed by atoms with van der Waals surface area (Å²) < 4.78 is 14.3. The number of anilines is 1. The first-order valence-electron chi connectivity index (χ1n) is 10.4. The van der Waals surface area contributed by atoms with Crippen LogP contribution >= 0.6 is 0 Å². The normalized spacial score (nSPS) is 18.2. The van der Waals surface area contributed by atoms with Crippen molar-refractivity contribution < 1.29 is 9.18 Å². The number of amides is 1. The van der Waals surface area contributed by atoms with Crippen LogP contribution in [0.25, 0.3) is 5.69 Å². The maximum Gasteiger partial charge on any atom is 0.275 e. The van der Waals surface area contributed by atoms with Gasteiger partial charge in [0.25, 0.3) is 5.91 Å². The summed E-state index contributed by atoms with van der Waals surface area (Å²) in [4.78, 5) is 25.3. The number of carbonyl (C=O) groups is 1. The molecule has 1 fully saturated rings. The van der Waals surface area contributed by atoms with Crippen molar-refractivity contribution >= 4 is 11.7 Å². The van der Waals surface area contributed by atoms with Crippen molar-refractivity contribution in [3.63, 3.8) is 0 Å². The van der Waals surface area contributed by atoms with Gasteiger partial charge in [0.05, 0.1) is 24.0 Å². The highest BCUT2D eigenvalue weighted by molar-refractivity contribution is 5.96. The van der Waals surface area contributed by atoms with Gasteiger partial charge in [0.1, 0.15) is 11.8 Å². The van der Waals surface area contributed by atoms with Crippen LogP contribution < -0.4 is 5.32 Å². The van der Waals surface area contributed by atoms with Gasteiger partial charge in [-0.3, -0.25) is 4.79 Å². The van der Waals surface area contributed by atoms with E-state index in [2.05, 4.69) is 32.4 Å². The van der Waals surface area contributed by atoms with E-state index in [1.165, 1.54) is 11.0 Å². The molecule has 0 spiro atoms. The van der Waals surface area contributed by atoms with Crippen LogP contribution in [0.4, 0.5) is 10.2 Å². The molecule has 4 rings (SSSR count). The lowest BCUT2D eigenvalue weighted by Crippen LogP contribution is -2.51. The standard InChI is InChI=1S/C22H23FN8O/c1-14-4-3-9-30(19(14)13-26-21-17(23)10-16(11-24)12-25-21)22(32)20-18(6-5-15(2)29-20)31-27-7-8-28-31/h5-8,10,12,14,19H,3-4,9,13H2,1-2H3,(H,25,26)/t14?,19-/m1/s1. The molecule has 0 bridgehead atoms. The lowest BCUT2D eigenvalue weighted by molar-refractivity contribution is 0.0533. The van der Waals surface area contributed by atoms with Crippen molar-refractivity contribution in [1.82, 2.24) is 29.9 Å². The van der Waals surface area contributed by atoms with Crippen molar-refractivity contribution in [2.24, 2.45) is 5.92 Å². The van der Waals surface area contributed by atoms with Gasteiger partial charge in [-0.1, -0.05) is 6.92 Å². The van der Waals surface area contributed by atoms with Gasteiger partial charge < -0.3 is 10.2 Å². The largest absolute Gasteiger partial charge is 0.366 e. The van der Waals surface area contributed by atoms with Crippen LogP contribution in [0, 0.1) is 30.0 Å². The van der Waals surface area contributed by atoms with E-state index in [1.807, 2.05) is 19.1 Å². The molecule has 32 heavy (non-hydrogen) atoms. The smallest absolute Gasteiger partial charge is 0.275 e. The minimum atomic E-state index is -0.599. The van der Waals surface area contributed by atoms with E-state index in [0.717, 1.165) is 18.9 Å². The predicted molar refractivity (Wildman–Crippen MR) is 115 cm³/mol. The number of aromatic nitrogens is 5. The Balaban J connectivity index is 1.60. The molecule has 0 aliphatic carbocycles. The van der Waals surface area contributed by atoms with Crippen LogP contribution in [-0.4, -0.2) is 54.9 Å². The third kappa shape index (κ3) is 4.27. The van der Waals surface area contributed by atoms with Crippen LogP contribution in [0.2, 0.25) is 0 Å². The fourth-order valence-electron chi connectivity index (χ4n) is 3.99. The Hall–Kier alpha value is -3.87. The topological polar surface area (TPSA) is 113 Å². The average molecular weight is 434 g/mol. The number of nitrogens with one attached hydrogen (secondary N) is 1. The number of rotatable bonds is 5. The summed E-state index contributed by atoms with van der Waals surface area (Å²) in [7, 11) is 0. The van der Waals surface area contributed by atoms with E-state index in [0.29, 0.717) is 24.5 Å². The highest BCUT2D eigenvalue weighted by atomic mass is 19.1. The molecule has 3 aromatic heterocycles. The molecular weight excluding hydrogens is 411 g/mol. The fraction of sp³-hybridized carbons (Fsp3) is 0.364. The molecule has 1 aliphatic heterocycles. The molecule has 10 heteroatoms. The fourth-order valence-corrected chi connectivity index (χ4v) is 3.99. The van der Waals surface area contributed by atoms with E-state index in [1.54, 1.807) is 23.4 Å². The number of carbonyl (C=O) groups excluding carboxylic acids is 1. The zero-order valence-corrected chi connectivity index (χ0v) is 17.9. The van der Waals surface area contributed by atoms with Gasteiger partial charge in [0.2, 0.25) is 0 Å². The summed E-state index contributed by atoms with van der Waals surface area (Å²) in [6, 6.07) is 6.42. The highest BCUT2D eigenvalue weighted by Gasteiger charge is 2.34. The van der Waals surface area contributed by atoms with Crippen LogP contribution in [0.1, 0.15) is 41.5 Å². The Morgan fingerprint density at radius 1 is 1.34 bits per heavy atom. The second-order valence-electron chi connectivity index (χ2n) is 7.87. The molecule has 1 amide bonds. The molecule has 0 aromatic carbocycles. The minimum Gasteiger partial charge on any atom is -0.366 e. The summed E-state index contributed by atoms with van der Waals surface area (Å²) in [5, 5.41) is 20.2. The van der Waals surface area contributed by atoms with E-state index in [-0.39, 0.29) is 34.9 Å². The molecular formula is C22H23FN8O. The number of hydrogen-bond donors (Lipinski definition) is 1. The second-order valence-corrected chi connectivity index (χ2v) is 7.87. The van der Waals surface area contributed by atoms with E-state index in [4.69, 9.17) is 5.26 Å². The Morgan fingerprint density at radius 3 is 2.84 bits per heavy atom. The van der Waals surface area contributed by atoms with E-state index >= 15 is 0 Å². The highest BCUT2D eigenvalue weighted by Crippen LogP contribution is 2.27. The molecule has 3 aromatic rings. The molecule has 1 aliphatic rings. The molecule has 4 heterocycles. The number of hydrogen-bond acceptors (Lipinski definition) is 7. The predicted octanol–water partition coefficient (Wildman–Crippen LogP) is 2.73. The zero-order valence-electron chi connectivity index (χ0n) is 17.9. The number of pyridine rings is 2. The minimum absolute atomic E-state index is 0.0595. The number of halogens is 1. The van der Waals surface area contributed by atoms with Gasteiger partial charge in [-0.15, -0.1) is 4.80 Å².